The number of rotatable bonds is 4. The predicted molar refractivity (Wildman–Crippen MR) is 94.0 cm³/mol. The van der Waals surface area contributed by atoms with E-state index in [-0.39, 0.29) is 5.91 Å². The fraction of sp³-hybridized carbons (Fsp3) is 0.474. The van der Waals surface area contributed by atoms with Gasteiger partial charge in [0.1, 0.15) is 6.54 Å². The van der Waals surface area contributed by atoms with Gasteiger partial charge in [-0.15, -0.1) is 0 Å². The molecule has 0 aliphatic carbocycles. The fourth-order valence-corrected chi connectivity index (χ4v) is 3.23. The van der Waals surface area contributed by atoms with E-state index in [9.17, 15) is 4.79 Å². The Bertz CT molecular complexity index is 682. The highest BCUT2D eigenvalue weighted by molar-refractivity contribution is 5.93. The summed E-state index contributed by atoms with van der Waals surface area (Å²) in [6.07, 6.45) is 3.44. The molecule has 0 atom stereocenters. The molecule has 1 aliphatic rings. The molecule has 0 saturated carbocycles. The third-order valence-corrected chi connectivity index (χ3v) is 4.81. The minimum atomic E-state index is 0.100. The van der Waals surface area contributed by atoms with Crippen LogP contribution in [-0.4, -0.2) is 46.8 Å². The van der Waals surface area contributed by atoms with Gasteiger partial charge in [0.05, 0.1) is 37.9 Å². The number of hydrogen-bond acceptors (Lipinski definition) is 2. The Kier molecular flexibility index (Phi) is 5.00. The van der Waals surface area contributed by atoms with E-state index in [4.69, 9.17) is 0 Å². The maximum Gasteiger partial charge on any atom is 0.257 e. The van der Waals surface area contributed by atoms with E-state index in [0.29, 0.717) is 11.5 Å². The second kappa shape index (κ2) is 7.18. The first-order valence-electron chi connectivity index (χ1n) is 8.73. The van der Waals surface area contributed by atoms with Crippen LogP contribution in [0, 0.1) is 0 Å². The van der Waals surface area contributed by atoms with Crippen molar-refractivity contribution in [3.05, 3.63) is 53.3 Å². The summed E-state index contributed by atoms with van der Waals surface area (Å²) in [5.41, 5.74) is 3.45. The molecule has 1 aromatic heterocycles. The first-order valence-corrected chi connectivity index (χ1v) is 8.73. The average molecular weight is 327 g/mol. The van der Waals surface area contributed by atoms with Crippen LogP contribution >= 0.6 is 0 Å². The Morgan fingerprint density at radius 1 is 1.21 bits per heavy atom. The molecule has 1 fully saturated rings. The number of piperazine rings is 1. The van der Waals surface area contributed by atoms with Gasteiger partial charge in [-0.25, -0.2) is 0 Å². The molecule has 5 heteroatoms. The summed E-state index contributed by atoms with van der Waals surface area (Å²) >= 11 is 0. The minimum Gasteiger partial charge on any atom is -0.328 e. The average Bonchev–Trinajstić information content (AvgIpc) is 3.02. The van der Waals surface area contributed by atoms with E-state index in [1.807, 2.05) is 11.9 Å². The number of carbonyl (C=O) groups excluding carboxylic acids is 1. The predicted octanol–water partition coefficient (Wildman–Crippen LogP) is 1.08. The van der Waals surface area contributed by atoms with Gasteiger partial charge in [0.25, 0.3) is 5.91 Å². The molecule has 2 heterocycles. The molecule has 1 N–H and O–H groups in total. The zero-order valence-corrected chi connectivity index (χ0v) is 14.8. The van der Waals surface area contributed by atoms with Gasteiger partial charge >= 0.3 is 0 Å². The molecular weight excluding hydrogens is 300 g/mol. The van der Waals surface area contributed by atoms with E-state index >= 15 is 0 Å². The highest BCUT2D eigenvalue weighted by Gasteiger charge is 2.25. The lowest BCUT2D eigenvalue weighted by molar-refractivity contribution is -0.917. The number of aromatic nitrogens is 2. The molecule has 0 bridgehead atoms. The standard InChI is InChI=1S/C19H26N4O/c1-15(2)17-6-4-16(5-7-17)13-22-8-10-23(11-9-22)19(24)18-12-20-21(3)14-18/h4-7,12,14-15H,8-11,13H2,1-3H3/p+1. The first kappa shape index (κ1) is 16.7. The van der Waals surface area contributed by atoms with E-state index in [2.05, 4.69) is 43.2 Å². The lowest BCUT2D eigenvalue weighted by Gasteiger charge is -2.32. The van der Waals surface area contributed by atoms with Crippen LogP contribution in [0.5, 0.6) is 0 Å². The molecule has 3 rings (SSSR count). The van der Waals surface area contributed by atoms with Crippen molar-refractivity contribution in [2.24, 2.45) is 7.05 Å². The zero-order valence-electron chi connectivity index (χ0n) is 14.8. The summed E-state index contributed by atoms with van der Waals surface area (Å²) in [6, 6.07) is 8.97. The fourth-order valence-electron chi connectivity index (χ4n) is 3.23. The SMILES string of the molecule is CC(C)c1ccc(C[NH+]2CCN(C(=O)c3cnn(C)c3)CC2)cc1. The Labute approximate surface area is 143 Å². The molecular formula is C19H27N4O+. The molecule has 128 valence electrons. The topological polar surface area (TPSA) is 42.6 Å². The minimum absolute atomic E-state index is 0.100. The van der Waals surface area contributed by atoms with Crippen LogP contribution in [0.15, 0.2) is 36.7 Å². The summed E-state index contributed by atoms with van der Waals surface area (Å²) in [5.74, 6) is 0.678. The lowest BCUT2D eigenvalue weighted by atomic mass is 10.0. The summed E-state index contributed by atoms with van der Waals surface area (Å²) < 4.78 is 1.68. The molecule has 0 unspecified atom stereocenters. The van der Waals surface area contributed by atoms with Gasteiger partial charge in [0, 0.05) is 18.8 Å². The molecule has 0 spiro atoms. The Morgan fingerprint density at radius 3 is 2.42 bits per heavy atom. The summed E-state index contributed by atoms with van der Waals surface area (Å²) in [4.78, 5) is 15.9. The summed E-state index contributed by atoms with van der Waals surface area (Å²) in [7, 11) is 1.84. The molecule has 24 heavy (non-hydrogen) atoms. The number of quaternary nitrogens is 1. The van der Waals surface area contributed by atoms with E-state index in [0.717, 1.165) is 32.7 Å². The number of nitrogens with zero attached hydrogens (tertiary/aromatic N) is 3. The quantitative estimate of drug-likeness (QED) is 0.913. The first-order chi connectivity index (χ1) is 11.5. The number of benzene rings is 1. The molecule has 1 saturated heterocycles. The molecule has 2 aromatic rings. The van der Waals surface area contributed by atoms with Crippen molar-refractivity contribution in [2.75, 3.05) is 26.2 Å². The van der Waals surface area contributed by atoms with Crippen LogP contribution < -0.4 is 4.90 Å². The number of carbonyl (C=O) groups is 1. The second-order valence-electron chi connectivity index (χ2n) is 7.02. The Hall–Kier alpha value is -2.14. The van der Waals surface area contributed by atoms with Crippen LogP contribution in [-0.2, 0) is 13.6 Å². The van der Waals surface area contributed by atoms with E-state index in [1.54, 1.807) is 22.0 Å². The smallest absolute Gasteiger partial charge is 0.257 e. The second-order valence-corrected chi connectivity index (χ2v) is 7.02. The number of amides is 1. The zero-order chi connectivity index (χ0) is 17.1. The number of nitrogens with one attached hydrogen (secondary N) is 1. The van der Waals surface area contributed by atoms with Crippen LogP contribution in [0.25, 0.3) is 0 Å². The van der Waals surface area contributed by atoms with Gasteiger partial charge in [-0.05, 0) is 11.5 Å². The maximum absolute atomic E-state index is 12.4. The Morgan fingerprint density at radius 2 is 1.88 bits per heavy atom. The van der Waals surface area contributed by atoms with Gasteiger partial charge in [0.15, 0.2) is 0 Å². The largest absolute Gasteiger partial charge is 0.328 e. The monoisotopic (exact) mass is 327 g/mol. The molecule has 1 aromatic carbocycles. The highest BCUT2D eigenvalue weighted by atomic mass is 16.2. The van der Waals surface area contributed by atoms with Crippen molar-refractivity contribution in [3.8, 4) is 0 Å². The third-order valence-electron chi connectivity index (χ3n) is 4.81. The molecule has 0 radical (unpaired) electrons. The Balaban J connectivity index is 1.52. The van der Waals surface area contributed by atoms with E-state index < -0.39 is 0 Å². The van der Waals surface area contributed by atoms with Crippen molar-refractivity contribution in [3.63, 3.8) is 0 Å². The molecule has 1 amide bonds. The molecule has 1 aliphatic heterocycles. The van der Waals surface area contributed by atoms with Crippen molar-refractivity contribution in [1.82, 2.24) is 14.7 Å². The van der Waals surface area contributed by atoms with Crippen molar-refractivity contribution in [2.45, 2.75) is 26.3 Å². The van der Waals surface area contributed by atoms with Crippen molar-refractivity contribution >= 4 is 5.91 Å². The summed E-state index contributed by atoms with van der Waals surface area (Å²) in [5, 5.41) is 4.09. The lowest BCUT2D eigenvalue weighted by Crippen LogP contribution is -3.13. The van der Waals surface area contributed by atoms with Gasteiger partial charge in [0.2, 0.25) is 0 Å². The van der Waals surface area contributed by atoms with Crippen molar-refractivity contribution in [1.29, 1.82) is 0 Å². The van der Waals surface area contributed by atoms with Crippen LogP contribution in [0.3, 0.4) is 0 Å². The van der Waals surface area contributed by atoms with Crippen molar-refractivity contribution < 1.29 is 9.69 Å². The van der Waals surface area contributed by atoms with Crippen LogP contribution in [0.1, 0.15) is 41.3 Å². The van der Waals surface area contributed by atoms with E-state index in [1.165, 1.54) is 11.1 Å². The molecule has 5 nitrogen and oxygen atoms in total. The van der Waals surface area contributed by atoms with Gasteiger partial charge in [-0.1, -0.05) is 38.1 Å². The van der Waals surface area contributed by atoms with Gasteiger partial charge in [-0.2, -0.15) is 5.10 Å². The van der Waals surface area contributed by atoms with Gasteiger partial charge < -0.3 is 9.80 Å². The number of hydrogen-bond donors (Lipinski definition) is 1. The van der Waals surface area contributed by atoms with Crippen LogP contribution in [0.4, 0.5) is 0 Å². The maximum atomic E-state index is 12.4. The highest BCUT2D eigenvalue weighted by Crippen LogP contribution is 2.14. The van der Waals surface area contributed by atoms with Gasteiger partial charge in [-0.3, -0.25) is 9.48 Å². The number of aryl methyl sites for hydroxylation is 1. The van der Waals surface area contributed by atoms with Crippen LogP contribution in [0.2, 0.25) is 0 Å². The normalized spacial score (nSPS) is 15.9. The third kappa shape index (κ3) is 3.85. The summed E-state index contributed by atoms with van der Waals surface area (Å²) in [6.45, 7) is 9.10.